The van der Waals surface area contributed by atoms with Crippen molar-refractivity contribution < 1.29 is 4.79 Å². The van der Waals surface area contributed by atoms with Crippen molar-refractivity contribution in [2.45, 2.75) is 71.3 Å². The highest BCUT2D eigenvalue weighted by molar-refractivity contribution is 5.85. The molecule has 18 heavy (non-hydrogen) atoms. The monoisotopic (exact) mass is 276 g/mol. The molecule has 1 atom stereocenters. The average molecular weight is 277 g/mol. The molecule has 1 unspecified atom stereocenters. The van der Waals surface area contributed by atoms with Crippen LogP contribution < -0.4 is 11.1 Å². The summed E-state index contributed by atoms with van der Waals surface area (Å²) in [6.45, 7) is 6.92. The molecule has 3 N–H and O–H groups in total. The summed E-state index contributed by atoms with van der Waals surface area (Å²) in [5.41, 5.74) is 5.67. The minimum absolute atomic E-state index is 0. The normalized spacial score (nSPS) is 20.9. The van der Waals surface area contributed by atoms with Gasteiger partial charge in [-0.25, -0.2) is 0 Å². The third kappa shape index (κ3) is 4.43. The van der Waals surface area contributed by atoms with E-state index in [0.29, 0.717) is 5.41 Å². The highest BCUT2D eigenvalue weighted by atomic mass is 35.5. The standard InChI is InChI=1S/C14H28N2O.ClH/c1-4-8-13(3,15)12(17)16-11-14(5-2)9-6-7-10-14;/h4-11,15H2,1-3H3,(H,16,17);1H. The summed E-state index contributed by atoms with van der Waals surface area (Å²) in [6, 6.07) is 0. The van der Waals surface area contributed by atoms with Crippen LogP contribution in [0, 0.1) is 5.41 Å². The van der Waals surface area contributed by atoms with Crippen LogP contribution >= 0.6 is 12.4 Å². The molecular weight excluding hydrogens is 248 g/mol. The first-order valence-corrected chi connectivity index (χ1v) is 7.03. The van der Waals surface area contributed by atoms with Crippen LogP contribution in [0.1, 0.15) is 65.7 Å². The minimum atomic E-state index is -0.706. The van der Waals surface area contributed by atoms with Gasteiger partial charge in [0.1, 0.15) is 0 Å². The molecule has 0 spiro atoms. The Kier molecular flexibility index (Phi) is 7.23. The summed E-state index contributed by atoms with van der Waals surface area (Å²) < 4.78 is 0. The largest absolute Gasteiger partial charge is 0.354 e. The van der Waals surface area contributed by atoms with Crippen LogP contribution in [-0.4, -0.2) is 18.0 Å². The van der Waals surface area contributed by atoms with E-state index in [1.807, 2.05) is 6.92 Å². The summed E-state index contributed by atoms with van der Waals surface area (Å²) >= 11 is 0. The molecule has 0 saturated heterocycles. The predicted molar refractivity (Wildman–Crippen MR) is 79.0 cm³/mol. The first-order valence-electron chi connectivity index (χ1n) is 7.03. The first kappa shape index (κ1) is 17.7. The van der Waals surface area contributed by atoms with Crippen molar-refractivity contribution >= 4 is 18.3 Å². The van der Waals surface area contributed by atoms with Gasteiger partial charge < -0.3 is 11.1 Å². The number of amides is 1. The van der Waals surface area contributed by atoms with E-state index in [9.17, 15) is 4.79 Å². The second-order valence-corrected chi connectivity index (χ2v) is 5.91. The van der Waals surface area contributed by atoms with Crippen molar-refractivity contribution in [3.8, 4) is 0 Å². The zero-order valence-corrected chi connectivity index (χ0v) is 12.9. The molecule has 1 aliphatic rings. The Morgan fingerprint density at radius 2 is 1.89 bits per heavy atom. The van der Waals surface area contributed by atoms with Crippen LogP contribution in [-0.2, 0) is 4.79 Å². The molecule has 0 aromatic rings. The Labute approximate surface area is 118 Å². The lowest BCUT2D eigenvalue weighted by Gasteiger charge is -2.30. The topological polar surface area (TPSA) is 55.1 Å². The van der Waals surface area contributed by atoms with Crippen molar-refractivity contribution in [3.05, 3.63) is 0 Å². The fourth-order valence-electron chi connectivity index (χ4n) is 2.88. The summed E-state index contributed by atoms with van der Waals surface area (Å²) in [7, 11) is 0. The van der Waals surface area contributed by atoms with E-state index >= 15 is 0 Å². The Balaban J connectivity index is 0.00000289. The second kappa shape index (κ2) is 7.34. The summed E-state index contributed by atoms with van der Waals surface area (Å²) in [5, 5.41) is 3.08. The van der Waals surface area contributed by atoms with Crippen LogP contribution in [0.4, 0.5) is 0 Å². The molecule has 0 bridgehead atoms. The van der Waals surface area contributed by atoms with E-state index in [4.69, 9.17) is 5.73 Å². The Morgan fingerprint density at radius 1 is 1.33 bits per heavy atom. The lowest BCUT2D eigenvalue weighted by Crippen LogP contribution is -2.53. The molecule has 0 aromatic heterocycles. The van der Waals surface area contributed by atoms with Gasteiger partial charge in [-0.1, -0.05) is 33.1 Å². The lowest BCUT2D eigenvalue weighted by atomic mass is 9.83. The summed E-state index contributed by atoms with van der Waals surface area (Å²) in [4.78, 5) is 12.0. The molecule has 0 heterocycles. The van der Waals surface area contributed by atoms with Crippen molar-refractivity contribution in [1.82, 2.24) is 5.32 Å². The molecule has 1 aliphatic carbocycles. The highest BCUT2D eigenvalue weighted by Crippen LogP contribution is 2.40. The van der Waals surface area contributed by atoms with Crippen LogP contribution in [0.25, 0.3) is 0 Å². The molecule has 0 radical (unpaired) electrons. The molecule has 1 saturated carbocycles. The van der Waals surface area contributed by atoms with E-state index in [1.165, 1.54) is 25.7 Å². The maximum Gasteiger partial charge on any atom is 0.239 e. The van der Waals surface area contributed by atoms with Crippen LogP contribution in [0.5, 0.6) is 0 Å². The molecule has 0 aromatic carbocycles. The van der Waals surface area contributed by atoms with Crippen molar-refractivity contribution in [1.29, 1.82) is 0 Å². The first-order chi connectivity index (χ1) is 7.96. The van der Waals surface area contributed by atoms with E-state index in [-0.39, 0.29) is 18.3 Å². The summed E-state index contributed by atoms with van der Waals surface area (Å²) in [6.07, 6.45) is 7.95. The van der Waals surface area contributed by atoms with Gasteiger partial charge in [0.2, 0.25) is 5.91 Å². The van der Waals surface area contributed by atoms with Gasteiger partial charge >= 0.3 is 0 Å². The third-order valence-corrected chi connectivity index (χ3v) is 4.33. The van der Waals surface area contributed by atoms with Gasteiger partial charge in [0.05, 0.1) is 5.54 Å². The molecule has 0 aliphatic heterocycles. The minimum Gasteiger partial charge on any atom is -0.354 e. The number of carbonyl (C=O) groups is 1. The van der Waals surface area contributed by atoms with Gasteiger partial charge in [0.25, 0.3) is 0 Å². The number of nitrogens with one attached hydrogen (secondary N) is 1. The summed E-state index contributed by atoms with van der Waals surface area (Å²) in [5.74, 6) is 0.0130. The van der Waals surface area contributed by atoms with Gasteiger partial charge in [0.15, 0.2) is 0 Å². The van der Waals surface area contributed by atoms with Gasteiger partial charge in [0, 0.05) is 6.54 Å². The number of carbonyl (C=O) groups excluding carboxylic acids is 1. The Bertz CT molecular complexity index is 261. The van der Waals surface area contributed by atoms with Crippen molar-refractivity contribution in [2.75, 3.05) is 6.54 Å². The molecule has 4 heteroatoms. The number of hydrogen-bond donors (Lipinski definition) is 2. The van der Waals surface area contributed by atoms with Gasteiger partial charge in [-0.3, -0.25) is 4.79 Å². The Hall–Kier alpha value is -0.280. The maximum absolute atomic E-state index is 12.0. The number of nitrogens with two attached hydrogens (primary N) is 1. The van der Waals surface area contributed by atoms with Crippen LogP contribution in [0.2, 0.25) is 0 Å². The molecule has 3 nitrogen and oxygen atoms in total. The lowest BCUT2D eigenvalue weighted by molar-refractivity contribution is -0.126. The zero-order valence-electron chi connectivity index (χ0n) is 12.1. The fraction of sp³-hybridized carbons (Fsp3) is 0.929. The molecule has 1 rings (SSSR count). The van der Waals surface area contributed by atoms with Gasteiger partial charge in [-0.15, -0.1) is 12.4 Å². The molecule has 1 fully saturated rings. The van der Waals surface area contributed by atoms with Crippen molar-refractivity contribution in [2.24, 2.45) is 11.1 Å². The maximum atomic E-state index is 12.0. The Morgan fingerprint density at radius 3 is 2.33 bits per heavy atom. The van der Waals surface area contributed by atoms with Crippen LogP contribution in [0.15, 0.2) is 0 Å². The molecule has 108 valence electrons. The van der Waals surface area contributed by atoms with E-state index in [1.54, 1.807) is 0 Å². The fourth-order valence-corrected chi connectivity index (χ4v) is 2.88. The number of rotatable bonds is 6. The quantitative estimate of drug-likeness (QED) is 0.784. The average Bonchev–Trinajstić information content (AvgIpc) is 2.75. The number of halogens is 1. The second-order valence-electron chi connectivity index (χ2n) is 5.91. The predicted octanol–water partition coefficient (Wildman–Crippen LogP) is 3.01. The SMILES string of the molecule is CCCC(C)(N)C(=O)NCC1(CC)CCCC1.Cl. The smallest absolute Gasteiger partial charge is 0.239 e. The zero-order chi connectivity index (χ0) is 12.9. The molecular formula is C14H29ClN2O. The van der Waals surface area contributed by atoms with Crippen LogP contribution in [0.3, 0.4) is 0 Å². The molecule has 1 amide bonds. The highest BCUT2D eigenvalue weighted by Gasteiger charge is 2.34. The number of hydrogen-bond acceptors (Lipinski definition) is 2. The van der Waals surface area contributed by atoms with E-state index in [0.717, 1.165) is 25.8 Å². The van der Waals surface area contributed by atoms with E-state index < -0.39 is 5.54 Å². The third-order valence-electron chi connectivity index (χ3n) is 4.33. The van der Waals surface area contributed by atoms with Crippen molar-refractivity contribution in [3.63, 3.8) is 0 Å². The van der Waals surface area contributed by atoms with E-state index in [2.05, 4.69) is 19.2 Å². The van der Waals surface area contributed by atoms with Gasteiger partial charge in [-0.05, 0) is 38.0 Å². The van der Waals surface area contributed by atoms with Gasteiger partial charge in [-0.2, -0.15) is 0 Å².